The first-order valence-electron chi connectivity index (χ1n) is 1.49. The summed E-state index contributed by atoms with van der Waals surface area (Å²) in [5.41, 5.74) is 0. The molecule has 0 saturated carbocycles. The number of hydrogen-bond acceptors (Lipinski definition) is 0. The third-order valence-electron chi connectivity index (χ3n) is 0.552. The van der Waals surface area contributed by atoms with Gasteiger partial charge in [-0.2, -0.15) is 0 Å². The molecule has 1 aliphatic carbocycles. The van der Waals surface area contributed by atoms with Crippen molar-refractivity contribution in [3.05, 3.63) is 12.2 Å². The van der Waals surface area contributed by atoms with Gasteiger partial charge in [0.15, 0.2) is 0 Å². The Kier molecular flexibility index (Phi) is 0.609. The number of rotatable bonds is 0. The van der Waals surface area contributed by atoms with Gasteiger partial charge in [0.05, 0.1) is 0 Å². The molecule has 0 aromatic rings. The van der Waals surface area contributed by atoms with E-state index in [1.54, 1.807) is 0 Å². The Morgan fingerprint density at radius 1 is 1.20 bits per heavy atom. The zero-order valence-electron chi connectivity index (χ0n) is 2.81. The molecule has 0 bridgehead atoms. The van der Waals surface area contributed by atoms with Gasteiger partial charge in [-0.05, 0) is 0 Å². The first-order valence-corrected chi connectivity index (χ1v) is 2.64. The molecule has 0 aliphatic heterocycles. The van der Waals surface area contributed by atoms with Crippen LogP contribution in [-0.4, -0.2) is 4.90 Å². The van der Waals surface area contributed by atoms with Crippen LogP contribution < -0.4 is 0 Å². The van der Waals surface area contributed by atoms with Crippen molar-refractivity contribution in [3.8, 4) is 0 Å². The van der Waals surface area contributed by atoms with Gasteiger partial charge in [0.25, 0.3) is 0 Å². The molecule has 1 aliphatic rings. The largest absolute Gasteiger partial charge is 0.119 e. The standard InChI is InChI=1S/C3H6P2/c4-3(5)1-2-3/h1-2H,4-5H2. The molecule has 2 unspecified atom stereocenters. The molecule has 0 aromatic carbocycles. The molecule has 0 fully saturated rings. The highest BCUT2D eigenvalue weighted by molar-refractivity contribution is 7.41. The van der Waals surface area contributed by atoms with E-state index in [0.717, 1.165) is 0 Å². The number of allylic oxidation sites excluding steroid dienone is 2. The zero-order chi connectivity index (χ0) is 3.91. The van der Waals surface area contributed by atoms with Crippen molar-refractivity contribution < 1.29 is 0 Å². The molecule has 5 heavy (non-hydrogen) atoms. The van der Waals surface area contributed by atoms with Gasteiger partial charge in [-0.15, -0.1) is 18.5 Å². The summed E-state index contributed by atoms with van der Waals surface area (Å²) in [5.74, 6) is 0. The molecule has 0 N–H and O–H groups in total. The summed E-state index contributed by atoms with van der Waals surface area (Å²) >= 11 is 0. The minimum absolute atomic E-state index is 0.333. The van der Waals surface area contributed by atoms with Crippen LogP contribution in [0.5, 0.6) is 0 Å². The predicted molar refractivity (Wildman–Crippen MR) is 31.3 cm³/mol. The molecule has 0 aromatic heterocycles. The second-order valence-corrected chi connectivity index (χ2v) is 4.00. The first-order chi connectivity index (χ1) is 2.21. The normalized spacial score (nSPS) is 26.8. The predicted octanol–water partition coefficient (Wildman–Crippen LogP) is 1.00. The lowest BCUT2D eigenvalue weighted by Gasteiger charge is -1.89. The van der Waals surface area contributed by atoms with Crippen LogP contribution in [0.15, 0.2) is 12.2 Å². The molecule has 2 heteroatoms. The lowest BCUT2D eigenvalue weighted by Crippen LogP contribution is -1.74. The van der Waals surface area contributed by atoms with Gasteiger partial charge in [-0.1, -0.05) is 12.2 Å². The molecule has 2 atom stereocenters. The summed E-state index contributed by atoms with van der Waals surface area (Å²) < 4.78 is 0. The Hall–Kier alpha value is 0.600. The quantitative estimate of drug-likeness (QED) is 0.317. The fourth-order valence-corrected chi connectivity index (χ4v) is 0.289. The van der Waals surface area contributed by atoms with E-state index in [4.69, 9.17) is 0 Å². The lowest BCUT2D eigenvalue weighted by molar-refractivity contribution is 1.59. The maximum Gasteiger partial charge on any atom is 0.0345 e. The second kappa shape index (κ2) is 0.806. The van der Waals surface area contributed by atoms with Gasteiger partial charge in [-0.3, -0.25) is 0 Å². The Morgan fingerprint density at radius 2 is 1.40 bits per heavy atom. The summed E-state index contributed by atoms with van der Waals surface area (Å²) in [4.78, 5) is 0.333. The highest BCUT2D eigenvalue weighted by atomic mass is 31.1. The van der Waals surface area contributed by atoms with E-state index in [1.807, 2.05) is 0 Å². The Morgan fingerprint density at radius 3 is 1.40 bits per heavy atom. The summed E-state index contributed by atoms with van der Waals surface area (Å²) in [6.45, 7) is 0. The third kappa shape index (κ3) is 0.992. The molecule has 0 spiro atoms. The van der Waals surface area contributed by atoms with Crippen molar-refractivity contribution in [2.24, 2.45) is 0 Å². The molecular formula is C3H6P2. The maximum absolute atomic E-state index is 2.68. The van der Waals surface area contributed by atoms with Gasteiger partial charge in [-0.25, -0.2) is 0 Å². The van der Waals surface area contributed by atoms with Crippen molar-refractivity contribution in [3.63, 3.8) is 0 Å². The second-order valence-electron chi connectivity index (χ2n) is 1.33. The fraction of sp³-hybridized carbons (Fsp3) is 0.333. The van der Waals surface area contributed by atoms with Gasteiger partial charge in [0.2, 0.25) is 0 Å². The number of hydrogen-bond donors (Lipinski definition) is 0. The molecule has 0 nitrogen and oxygen atoms in total. The lowest BCUT2D eigenvalue weighted by atomic mass is 10.8. The first kappa shape index (κ1) is 3.78. The van der Waals surface area contributed by atoms with E-state index >= 15 is 0 Å². The minimum Gasteiger partial charge on any atom is -0.119 e. The van der Waals surface area contributed by atoms with Crippen molar-refractivity contribution in [1.82, 2.24) is 0 Å². The van der Waals surface area contributed by atoms with Gasteiger partial charge in [0.1, 0.15) is 0 Å². The Bertz CT molecular complexity index is 65.0. The fourth-order valence-electron chi connectivity index (χ4n) is 0.0962. The van der Waals surface area contributed by atoms with Crippen molar-refractivity contribution in [1.29, 1.82) is 0 Å². The summed E-state index contributed by atoms with van der Waals surface area (Å²) in [7, 11) is 5.36. The van der Waals surface area contributed by atoms with Crippen molar-refractivity contribution in [2.45, 2.75) is 4.90 Å². The van der Waals surface area contributed by atoms with Crippen LogP contribution in [0.25, 0.3) is 0 Å². The molecule has 0 amide bonds. The summed E-state index contributed by atoms with van der Waals surface area (Å²) in [6.07, 6.45) is 4.23. The van der Waals surface area contributed by atoms with Gasteiger partial charge in [0, 0.05) is 4.90 Å². The average Bonchev–Trinajstić information content (AvgIpc) is 1.76. The van der Waals surface area contributed by atoms with Crippen molar-refractivity contribution in [2.75, 3.05) is 0 Å². The zero-order valence-corrected chi connectivity index (χ0v) is 5.12. The van der Waals surface area contributed by atoms with Crippen molar-refractivity contribution >= 4 is 18.5 Å². The van der Waals surface area contributed by atoms with Crippen LogP contribution in [0, 0.1) is 0 Å². The van der Waals surface area contributed by atoms with E-state index in [0.29, 0.717) is 4.90 Å². The van der Waals surface area contributed by atoms with E-state index in [-0.39, 0.29) is 0 Å². The average molecular weight is 104 g/mol. The molecule has 0 saturated heterocycles. The molecular weight excluding hydrogens is 98.0 g/mol. The van der Waals surface area contributed by atoms with Crippen LogP contribution in [0.4, 0.5) is 0 Å². The third-order valence-corrected chi connectivity index (χ3v) is 1.32. The van der Waals surface area contributed by atoms with E-state index in [1.165, 1.54) is 0 Å². The molecule has 0 radical (unpaired) electrons. The maximum atomic E-state index is 2.68. The molecule has 28 valence electrons. The van der Waals surface area contributed by atoms with Crippen LogP contribution in [0.3, 0.4) is 0 Å². The summed E-state index contributed by atoms with van der Waals surface area (Å²) in [5, 5.41) is 0. The highest BCUT2D eigenvalue weighted by Crippen LogP contribution is 2.40. The van der Waals surface area contributed by atoms with E-state index in [9.17, 15) is 0 Å². The minimum atomic E-state index is 0.333. The SMILES string of the molecule is PC1(P)C=C1. The topological polar surface area (TPSA) is 0 Å². The molecule has 1 rings (SSSR count). The van der Waals surface area contributed by atoms with E-state index < -0.39 is 0 Å². The summed E-state index contributed by atoms with van der Waals surface area (Å²) in [6, 6.07) is 0. The van der Waals surface area contributed by atoms with Gasteiger partial charge < -0.3 is 0 Å². The van der Waals surface area contributed by atoms with Gasteiger partial charge >= 0.3 is 0 Å². The van der Waals surface area contributed by atoms with Crippen LogP contribution >= 0.6 is 18.5 Å². The molecule has 0 heterocycles. The highest BCUT2D eigenvalue weighted by Gasteiger charge is 2.19. The van der Waals surface area contributed by atoms with Crippen LogP contribution in [0.1, 0.15) is 0 Å². The van der Waals surface area contributed by atoms with Crippen LogP contribution in [-0.2, 0) is 0 Å². The van der Waals surface area contributed by atoms with E-state index in [2.05, 4.69) is 30.6 Å². The monoisotopic (exact) mass is 104 g/mol. The smallest absolute Gasteiger partial charge is 0.0345 e. The Labute approximate surface area is 36.4 Å². The Balaban J connectivity index is 2.47. The van der Waals surface area contributed by atoms with Crippen LogP contribution in [0.2, 0.25) is 0 Å².